The van der Waals surface area contributed by atoms with E-state index in [0.29, 0.717) is 10.7 Å². The van der Waals surface area contributed by atoms with Gasteiger partial charge in [-0.15, -0.1) is 0 Å². The molecule has 0 unspecified atom stereocenters. The minimum absolute atomic E-state index is 0.0226. The lowest BCUT2D eigenvalue weighted by molar-refractivity contribution is -0.384. The number of nitro groups is 1. The highest BCUT2D eigenvalue weighted by molar-refractivity contribution is 6.30. The molecule has 0 radical (unpaired) electrons. The van der Waals surface area contributed by atoms with Crippen LogP contribution in [0.4, 0.5) is 11.4 Å². The molecule has 1 aliphatic rings. The van der Waals surface area contributed by atoms with Crippen LogP contribution in [0.15, 0.2) is 18.2 Å². The number of nitro benzene ring substituents is 1. The second-order valence-corrected chi connectivity index (χ2v) is 3.85. The van der Waals surface area contributed by atoms with Crippen molar-refractivity contribution in [2.24, 2.45) is 0 Å². The summed E-state index contributed by atoms with van der Waals surface area (Å²) in [5.74, 6) is 0. The summed E-state index contributed by atoms with van der Waals surface area (Å²) >= 11 is 5.70. The van der Waals surface area contributed by atoms with Crippen LogP contribution in [-0.4, -0.2) is 24.1 Å². The van der Waals surface area contributed by atoms with E-state index in [-0.39, 0.29) is 11.7 Å². The maximum Gasteiger partial charge on any atom is 0.293 e. The summed E-state index contributed by atoms with van der Waals surface area (Å²) in [5, 5.41) is 17.3. The van der Waals surface area contributed by atoms with Crippen LogP contribution in [0.5, 0.6) is 0 Å². The maximum atomic E-state index is 10.8. The molecule has 2 N–H and O–H groups in total. The highest BCUT2D eigenvalue weighted by atomic mass is 35.5. The minimum atomic E-state index is -0.430. The largest absolute Gasteiger partial charge is 0.374 e. The first-order valence-corrected chi connectivity index (χ1v) is 4.96. The summed E-state index contributed by atoms with van der Waals surface area (Å²) in [4.78, 5) is 10.3. The third-order valence-electron chi connectivity index (χ3n) is 2.30. The van der Waals surface area contributed by atoms with Gasteiger partial charge in [0.05, 0.1) is 11.0 Å². The topological polar surface area (TPSA) is 67.2 Å². The average Bonchev–Trinajstić information content (AvgIpc) is 2.12. The number of halogens is 1. The summed E-state index contributed by atoms with van der Waals surface area (Å²) in [6, 6.07) is 4.91. The lowest BCUT2D eigenvalue weighted by Gasteiger charge is -2.28. The number of nitrogens with zero attached hydrogens (tertiary/aromatic N) is 1. The normalized spacial score (nSPS) is 15.8. The SMILES string of the molecule is O=[N+]([O-])c1cc(Cl)ccc1NC1CNC1. The van der Waals surface area contributed by atoms with E-state index in [1.165, 1.54) is 6.07 Å². The highest BCUT2D eigenvalue weighted by Gasteiger charge is 2.21. The molecule has 0 bridgehead atoms. The zero-order valence-corrected chi connectivity index (χ0v) is 8.62. The monoisotopic (exact) mass is 227 g/mol. The van der Waals surface area contributed by atoms with Gasteiger partial charge in [0.25, 0.3) is 5.69 Å². The van der Waals surface area contributed by atoms with Gasteiger partial charge in [0.1, 0.15) is 5.69 Å². The van der Waals surface area contributed by atoms with Gasteiger partial charge >= 0.3 is 0 Å². The quantitative estimate of drug-likeness (QED) is 0.609. The lowest BCUT2D eigenvalue weighted by atomic mass is 10.1. The molecule has 1 saturated heterocycles. The van der Waals surface area contributed by atoms with Crippen LogP contribution >= 0.6 is 11.6 Å². The molecule has 6 heteroatoms. The number of hydrogen-bond acceptors (Lipinski definition) is 4. The molecule has 2 rings (SSSR count). The van der Waals surface area contributed by atoms with Crippen molar-refractivity contribution in [1.29, 1.82) is 0 Å². The first kappa shape index (κ1) is 10.2. The Hall–Kier alpha value is -1.33. The molecule has 5 nitrogen and oxygen atoms in total. The second kappa shape index (κ2) is 4.04. The fourth-order valence-electron chi connectivity index (χ4n) is 1.39. The molecule has 0 aromatic heterocycles. The standard InChI is InChI=1S/C9H10ClN3O2/c10-6-1-2-8(9(3-6)13(14)15)12-7-4-11-5-7/h1-3,7,11-12H,4-5H2. The molecule has 1 aromatic rings. The van der Waals surface area contributed by atoms with Crippen molar-refractivity contribution in [3.63, 3.8) is 0 Å². The zero-order chi connectivity index (χ0) is 10.8. The average molecular weight is 228 g/mol. The Morgan fingerprint density at radius 1 is 1.53 bits per heavy atom. The van der Waals surface area contributed by atoms with Gasteiger partial charge in [-0.2, -0.15) is 0 Å². The van der Waals surface area contributed by atoms with Crippen LogP contribution in [0.3, 0.4) is 0 Å². The van der Waals surface area contributed by atoms with E-state index in [2.05, 4.69) is 10.6 Å². The molecule has 80 valence electrons. The Morgan fingerprint density at radius 2 is 2.27 bits per heavy atom. The summed E-state index contributed by atoms with van der Waals surface area (Å²) in [5.41, 5.74) is 0.547. The van der Waals surface area contributed by atoms with Crippen LogP contribution in [0, 0.1) is 10.1 Å². The van der Waals surface area contributed by atoms with E-state index in [1.54, 1.807) is 12.1 Å². The predicted octanol–water partition coefficient (Wildman–Crippen LogP) is 1.63. The Labute approximate surface area is 91.6 Å². The Balaban J connectivity index is 2.23. The molecule has 0 saturated carbocycles. The molecule has 15 heavy (non-hydrogen) atoms. The van der Waals surface area contributed by atoms with Crippen molar-refractivity contribution < 1.29 is 4.92 Å². The van der Waals surface area contributed by atoms with E-state index >= 15 is 0 Å². The van der Waals surface area contributed by atoms with Crippen molar-refractivity contribution in [1.82, 2.24) is 5.32 Å². The number of hydrogen-bond donors (Lipinski definition) is 2. The number of rotatable bonds is 3. The smallest absolute Gasteiger partial charge is 0.293 e. The van der Waals surface area contributed by atoms with Crippen molar-refractivity contribution in [2.75, 3.05) is 18.4 Å². The number of benzene rings is 1. The van der Waals surface area contributed by atoms with Gasteiger partial charge in [-0.25, -0.2) is 0 Å². The van der Waals surface area contributed by atoms with Gasteiger partial charge in [0.2, 0.25) is 0 Å². The summed E-state index contributed by atoms with van der Waals surface area (Å²) in [7, 11) is 0. The fraction of sp³-hybridized carbons (Fsp3) is 0.333. The van der Waals surface area contributed by atoms with Gasteiger partial charge in [0.15, 0.2) is 0 Å². The van der Waals surface area contributed by atoms with E-state index in [4.69, 9.17) is 11.6 Å². The lowest BCUT2D eigenvalue weighted by Crippen LogP contribution is -2.51. The van der Waals surface area contributed by atoms with Crippen LogP contribution < -0.4 is 10.6 Å². The first-order chi connectivity index (χ1) is 7.16. The van der Waals surface area contributed by atoms with Gasteiger partial charge < -0.3 is 10.6 Å². The third kappa shape index (κ3) is 2.19. The summed E-state index contributed by atoms with van der Waals surface area (Å²) in [6.45, 7) is 1.67. The molecule has 0 spiro atoms. The Bertz CT molecular complexity index is 393. The number of nitrogens with one attached hydrogen (secondary N) is 2. The van der Waals surface area contributed by atoms with Crippen LogP contribution in [0.1, 0.15) is 0 Å². The van der Waals surface area contributed by atoms with Gasteiger partial charge in [-0.05, 0) is 12.1 Å². The van der Waals surface area contributed by atoms with Crippen molar-refractivity contribution >= 4 is 23.0 Å². The van der Waals surface area contributed by atoms with Crippen LogP contribution in [-0.2, 0) is 0 Å². The molecule has 1 heterocycles. The highest BCUT2D eigenvalue weighted by Crippen LogP contribution is 2.28. The predicted molar refractivity (Wildman–Crippen MR) is 58.4 cm³/mol. The first-order valence-electron chi connectivity index (χ1n) is 4.58. The van der Waals surface area contributed by atoms with E-state index < -0.39 is 4.92 Å². The van der Waals surface area contributed by atoms with E-state index in [9.17, 15) is 10.1 Å². The second-order valence-electron chi connectivity index (χ2n) is 3.42. The van der Waals surface area contributed by atoms with Crippen molar-refractivity contribution in [2.45, 2.75) is 6.04 Å². The Morgan fingerprint density at radius 3 is 2.80 bits per heavy atom. The molecular formula is C9H10ClN3O2. The molecule has 1 aromatic carbocycles. The van der Waals surface area contributed by atoms with Crippen molar-refractivity contribution in [3.05, 3.63) is 33.3 Å². The summed E-state index contributed by atoms with van der Waals surface area (Å²) in [6.07, 6.45) is 0. The van der Waals surface area contributed by atoms with Gasteiger partial charge in [0, 0.05) is 24.2 Å². The molecule has 0 atom stereocenters. The molecule has 0 amide bonds. The van der Waals surface area contributed by atoms with Crippen molar-refractivity contribution in [3.8, 4) is 0 Å². The van der Waals surface area contributed by atoms with Crippen LogP contribution in [0.2, 0.25) is 5.02 Å². The molecule has 1 fully saturated rings. The third-order valence-corrected chi connectivity index (χ3v) is 2.53. The zero-order valence-electron chi connectivity index (χ0n) is 7.87. The van der Waals surface area contributed by atoms with Gasteiger partial charge in [-0.1, -0.05) is 11.6 Å². The minimum Gasteiger partial charge on any atom is -0.374 e. The van der Waals surface area contributed by atoms with E-state index in [1.807, 2.05) is 0 Å². The molecule has 0 aliphatic carbocycles. The van der Waals surface area contributed by atoms with E-state index in [0.717, 1.165) is 13.1 Å². The molecular weight excluding hydrogens is 218 g/mol. The fourth-order valence-corrected chi connectivity index (χ4v) is 1.55. The van der Waals surface area contributed by atoms with Crippen LogP contribution in [0.25, 0.3) is 0 Å². The summed E-state index contributed by atoms with van der Waals surface area (Å²) < 4.78 is 0. The number of anilines is 1. The maximum absolute atomic E-state index is 10.8. The Kier molecular flexibility index (Phi) is 2.75. The van der Waals surface area contributed by atoms with Gasteiger partial charge in [-0.3, -0.25) is 10.1 Å². The molecule has 1 aliphatic heterocycles.